The zero-order chi connectivity index (χ0) is 69.3. The average molecular weight is 1360 g/mol. The third-order valence-electron chi connectivity index (χ3n) is 21.8. The number of hydrogen-bond donors (Lipinski definition) is 7. The van der Waals surface area contributed by atoms with Crippen LogP contribution in [-0.2, 0) is 72.8 Å². The van der Waals surface area contributed by atoms with Crippen molar-refractivity contribution >= 4 is 41.4 Å². The second-order valence-electron chi connectivity index (χ2n) is 28.7. The molecule has 0 aromatic heterocycles. The zero-order valence-electron chi connectivity index (χ0n) is 57.8. The average Bonchev–Trinajstić information content (AvgIpc) is 1.67. The number of carbonyl (C=O) groups is 7. The number of hydrogen-bond acceptors (Lipinski definition) is 13. The van der Waals surface area contributed by atoms with Gasteiger partial charge in [-0.3, -0.25) is 63.0 Å². The van der Waals surface area contributed by atoms with E-state index in [-0.39, 0.29) is 146 Å². The lowest BCUT2D eigenvalue weighted by Crippen LogP contribution is -2.53. The zero-order valence-corrected chi connectivity index (χ0v) is 57.8. The Labute approximate surface area is 589 Å². The van der Waals surface area contributed by atoms with E-state index < -0.39 is 5.91 Å². The normalized spacial score (nSPS) is 25.9. The number of benzene rings is 6. The molecule has 20 nitrogen and oxygen atoms in total. The van der Waals surface area contributed by atoms with Crippen LogP contribution >= 0.6 is 0 Å². The van der Waals surface area contributed by atoms with E-state index >= 15 is 4.79 Å². The van der Waals surface area contributed by atoms with E-state index in [0.717, 1.165) is 46.3 Å². The van der Waals surface area contributed by atoms with Crippen molar-refractivity contribution in [1.29, 1.82) is 0 Å². The van der Waals surface area contributed by atoms with E-state index in [4.69, 9.17) is 5.73 Å². The number of likely N-dealkylation sites (tertiary alicyclic amines) is 6. The first-order valence-corrected chi connectivity index (χ1v) is 36.4. The van der Waals surface area contributed by atoms with Gasteiger partial charge in [0.05, 0.1) is 0 Å². The molecule has 6 aromatic rings. The molecular formula is C80H101N13O7. The molecule has 6 aliphatic rings. The summed E-state index contributed by atoms with van der Waals surface area (Å²) in [4.78, 5) is 112. The molecule has 12 rings (SSSR count). The molecule has 6 heterocycles. The van der Waals surface area contributed by atoms with Crippen LogP contribution in [0.25, 0.3) is 0 Å². The molecule has 20 heteroatoms. The number of nitrogens with two attached hydrogens (primary N) is 1. The summed E-state index contributed by atoms with van der Waals surface area (Å²) in [5, 5.41) is 20.2. The number of rotatable bonds is 30. The Balaban J connectivity index is 0.725. The number of nitrogens with zero attached hydrogens (tertiary/aromatic N) is 6. The molecule has 0 bridgehead atoms. The molecule has 6 aliphatic heterocycles. The van der Waals surface area contributed by atoms with Crippen LogP contribution in [0, 0.1) is 0 Å². The van der Waals surface area contributed by atoms with Crippen molar-refractivity contribution in [1.82, 2.24) is 61.3 Å². The van der Waals surface area contributed by atoms with Crippen molar-refractivity contribution in [3.8, 4) is 0 Å². The van der Waals surface area contributed by atoms with Crippen molar-refractivity contribution in [3.63, 3.8) is 0 Å². The monoisotopic (exact) mass is 1360 g/mol. The van der Waals surface area contributed by atoms with Gasteiger partial charge in [-0.25, -0.2) is 0 Å². The van der Waals surface area contributed by atoms with Crippen LogP contribution in [0.15, 0.2) is 182 Å². The Morgan fingerprint density at radius 3 is 0.620 bits per heavy atom. The van der Waals surface area contributed by atoms with E-state index in [0.29, 0.717) is 104 Å². The molecule has 6 saturated heterocycles. The summed E-state index contributed by atoms with van der Waals surface area (Å²) >= 11 is 0. The van der Waals surface area contributed by atoms with Crippen LogP contribution in [0.5, 0.6) is 0 Å². The van der Waals surface area contributed by atoms with Crippen molar-refractivity contribution < 1.29 is 33.6 Å². The number of carbonyl (C=O) groups excluding carboxylic acids is 7. The molecule has 0 unspecified atom stereocenters. The molecule has 6 fully saturated rings. The number of nitrogens with one attached hydrogen (secondary N) is 6. The number of primary amides is 1. The molecule has 100 heavy (non-hydrogen) atoms. The fraction of sp³-hybridized carbons (Fsp3) is 0.463. The maximum atomic E-state index is 15.0. The third kappa shape index (κ3) is 19.5. The molecule has 7 amide bonds. The highest BCUT2D eigenvalue weighted by Gasteiger charge is 2.45. The Morgan fingerprint density at radius 1 is 0.280 bits per heavy atom. The minimum atomic E-state index is -0.415. The fourth-order valence-electron chi connectivity index (χ4n) is 17.0. The Morgan fingerprint density at radius 2 is 0.450 bits per heavy atom. The van der Waals surface area contributed by atoms with Crippen LogP contribution in [0.3, 0.4) is 0 Å². The van der Waals surface area contributed by atoms with E-state index in [2.05, 4.69) is 134 Å². The third-order valence-corrected chi connectivity index (χ3v) is 21.8. The molecule has 0 spiro atoms. The van der Waals surface area contributed by atoms with E-state index in [1.807, 2.05) is 109 Å². The molecule has 0 saturated carbocycles. The lowest BCUT2D eigenvalue weighted by molar-refractivity contribution is -0.127. The van der Waals surface area contributed by atoms with Gasteiger partial charge in [0, 0.05) is 196 Å². The summed E-state index contributed by atoms with van der Waals surface area (Å²) in [5.74, 6) is -1.23. The largest absolute Gasteiger partial charge is 0.370 e. The first kappa shape index (κ1) is 71.2. The van der Waals surface area contributed by atoms with Gasteiger partial charge in [-0.15, -0.1) is 0 Å². The Bertz CT molecular complexity index is 3660. The predicted octanol–water partition coefficient (Wildman–Crippen LogP) is 6.39. The molecular weight excluding hydrogens is 1250 g/mol. The van der Waals surface area contributed by atoms with Gasteiger partial charge in [-0.2, -0.15) is 0 Å². The van der Waals surface area contributed by atoms with Crippen LogP contribution in [0.2, 0.25) is 0 Å². The molecule has 6 aromatic carbocycles. The lowest BCUT2D eigenvalue weighted by atomic mass is 9.99. The van der Waals surface area contributed by atoms with E-state index in [9.17, 15) is 28.8 Å². The summed E-state index contributed by atoms with van der Waals surface area (Å²) in [6.07, 6.45) is 4.85. The standard InChI is InChI=1S/C80H101N13O7/c1-56(94)82-63-32-38-89(51-58-22-10-3-11-23-58)70(63)45-76(96)84-65-34-40-91(53-60-26-14-5-15-27-60)72(65)47-78(98)86-67-36-42-93(55-62-30-18-7-19-31-62)74(67)49-80(100)87-68-37-43-92(54-61-28-16-6-17-29-61)73(68)48-79(99)85-66-35-41-90(52-59-24-12-4-13-25-59)71(66)46-77(97)83-64-33-39-88(69(64)44-75(81)95)50-57-20-8-2-9-21-57/h2-31,63-74H,32-55H2,1H3,(H2,81,95)(H,82,94)(H,83,97)(H,84,96)(H,85,99)(H,86,98)(H,87,100)/t63-,64-,65-,66-,67-,68-,69+,70+,71+,72+,73+,74+/m0/s1. The summed E-state index contributed by atoms with van der Waals surface area (Å²) in [6, 6.07) is 57.5. The molecule has 528 valence electrons. The minimum absolute atomic E-state index is 0.112. The van der Waals surface area contributed by atoms with Crippen molar-refractivity contribution in [2.24, 2.45) is 5.73 Å². The molecule has 0 radical (unpaired) electrons. The molecule has 0 aliphatic carbocycles. The quantitative estimate of drug-likeness (QED) is 0.0259. The summed E-state index contributed by atoms with van der Waals surface area (Å²) in [7, 11) is 0. The van der Waals surface area contributed by atoms with Crippen LogP contribution in [0.1, 0.15) is 117 Å². The van der Waals surface area contributed by atoms with Crippen molar-refractivity contribution in [2.45, 2.75) is 196 Å². The van der Waals surface area contributed by atoms with Crippen LogP contribution < -0.4 is 37.6 Å². The smallest absolute Gasteiger partial charge is 0.221 e. The van der Waals surface area contributed by atoms with Crippen LogP contribution in [0.4, 0.5) is 0 Å². The lowest BCUT2D eigenvalue weighted by Gasteiger charge is -2.33. The van der Waals surface area contributed by atoms with Gasteiger partial charge in [-0.05, 0) is 71.9 Å². The maximum absolute atomic E-state index is 15.0. The summed E-state index contributed by atoms with van der Waals surface area (Å²) in [5.41, 5.74) is 12.5. The van der Waals surface area contributed by atoms with Gasteiger partial charge in [0.15, 0.2) is 0 Å². The van der Waals surface area contributed by atoms with Crippen molar-refractivity contribution in [3.05, 3.63) is 215 Å². The predicted molar refractivity (Wildman–Crippen MR) is 386 cm³/mol. The SMILES string of the molecule is CC(=O)N[C@H]1CCN(Cc2ccccc2)[C@@H]1CC(=O)N[C@H]1CCN(Cc2ccccc2)[C@@H]1CC(=O)N[C@H]1CCN(Cc2ccccc2)[C@@H]1CC(=O)N[C@H]1CCN(Cc2ccccc2)[C@@H]1CC(=O)N[C@H]1CCN(Cc2ccccc2)[C@@H]1CC(=O)N[C@H]1CCN(Cc2ccccc2)[C@@H]1CC(N)=O. The van der Waals surface area contributed by atoms with Gasteiger partial charge in [0.25, 0.3) is 0 Å². The van der Waals surface area contributed by atoms with Gasteiger partial charge in [0.2, 0.25) is 41.4 Å². The topological polar surface area (TPSA) is 237 Å². The minimum Gasteiger partial charge on any atom is -0.370 e. The highest BCUT2D eigenvalue weighted by atomic mass is 16.2. The van der Waals surface area contributed by atoms with Gasteiger partial charge < -0.3 is 37.6 Å². The second kappa shape index (κ2) is 34.6. The van der Waals surface area contributed by atoms with E-state index in [1.54, 1.807) is 0 Å². The molecule has 12 atom stereocenters. The number of amides is 7. The van der Waals surface area contributed by atoms with E-state index in [1.165, 1.54) is 6.92 Å². The first-order valence-electron chi connectivity index (χ1n) is 36.4. The fourth-order valence-corrected chi connectivity index (χ4v) is 17.0. The second-order valence-corrected chi connectivity index (χ2v) is 28.7. The molecule has 8 N–H and O–H groups in total. The highest BCUT2D eigenvalue weighted by molar-refractivity contribution is 5.82. The first-order chi connectivity index (χ1) is 48.7. The van der Waals surface area contributed by atoms with Gasteiger partial charge in [-0.1, -0.05) is 182 Å². The van der Waals surface area contributed by atoms with Crippen LogP contribution in [-0.4, -0.2) is 183 Å². The highest BCUT2D eigenvalue weighted by Crippen LogP contribution is 2.32. The maximum Gasteiger partial charge on any atom is 0.221 e. The summed E-state index contributed by atoms with van der Waals surface area (Å²) in [6.45, 7) is 9.35. The van der Waals surface area contributed by atoms with Gasteiger partial charge in [0.1, 0.15) is 0 Å². The Kier molecular flexibility index (Phi) is 24.7. The van der Waals surface area contributed by atoms with Gasteiger partial charge >= 0.3 is 0 Å². The van der Waals surface area contributed by atoms with Crippen molar-refractivity contribution in [2.75, 3.05) is 39.3 Å². The summed E-state index contributed by atoms with van der Waals surface area (Å²) < 4.78 is 0. The Hall–Kier alpha value is -8.63.